The number of piperidine rings is 1. The van der Waals surface area contributed by atoms with Crippen molar-refractivity contribution in [3.8, 4) is 11.4 Å². The Morgan fingerprint density at radius 1 is 1.10 bits per heavy atom. The van der Waals surface area contributed by atoms with Gasteiger partial charge in [-0.05, 0) is 69.3 Å². The summed E-state index contributed by atoms with van der Waals surface area (Å²) in [5.41, 5.74) is 4.53. The lowest BCUT2D eigenvalue weighted by molar-refractivity contribution is 0.102. The Morgan fingerprint density at radius 2 is 1.79 bits per heavy atom. The number of hydrogen-bond acceptors (Lipinski definition) is 4. The second-order valence-electron chi connectivity index (χ2n) is 7.40. The quantitative estimate of drug-likeness (QED) is 0.693. The minimum Gasteiger partial charge on any atom is -0.497 e. The highest BCUT2D eigenvalue weighted by molar-refractivity contribution is 6.05. The normalized spacial score (nSPS) is 14.6. The molecule has 1 fully saturated rings. The number of amides is 1. The maximum absolute atomic E-state index is 13.1. The highest BCUT2D eigenvalue weighted by Gasteiger charge is 2.27. The summed E-state index contributed by atoms with van der Waals surface area (Å²) in [7, 11) is 1.62. The standard InChI is InChI=1S/C23H26N4O2/c1-16-3-7-19(8-4-16)27-22(17-11-13-24-14-12-17)21(15-25-27)23(28)26-18-5-9-20(29-2)10-6-18/h3-10,15,17,24H,11-14H2,1-2H3,(H,26,28). The predicted octanol–water partition coefficient (Wildman–Crippen LogP) is 3.91. The lowest BCUT2D eigenvalue weighted by Gasteiger charge is -2.24. The van der Waals surface area contributed by atoms with Crippen LogP contribution in [0.2, 0.25) is 0 Å². The molecule has 4 rings (SSSR count). The minimum atomic E-state index is -0.137. The first-order valence-electron chi connectivity index (χ1n) is 9.97. The summed E-state index contributed by atoms with van der Waals surface area (Å²) in [6.45, 7) is 3.96. The van der Waals surface area contributed by atoms with Crippen LogP contribution in [0.5, 0.6) is 5.75 Å². The van der Waals surface area contributed by atoms with Crippen LogP contribution in [0.15, 0.2) is 54.7 Å². The van der Waals surface area contributed by atoms with Crippen molar-refractivity contribution in [3.63, 3.8) is 0 Å². The largest absolute Gasteiger partial charge is 0.497 e. The first-order chi connectivity index (χ1) is 14.2. The van der Waals surface area contributed by atoms with E-state index in [-0.39, 0.29) is 11.8 Å². The van der Waals surface area contributed by atoms with Gasteiger partial charge in [0.15, 0.2) is 0 Å². The number of nitrogens with one attached hydrogen (secondary N) is 2. The fourth-order valence-corrected chi connectivity index (χ4v) is 3.79. The van der Waals surface area contributed by atoms with Crippen molar-refractivity contribution in [2.24, 2.45) is 0 Å². The molecule has 3 aromatic rings. The Bertz CT molecular complexity index is 971. The topological polar surface area (TPSA) is 68.2 Å². The van der Waals surface area contributed by atoms with Gasteiger partial charge in [-0.15, -0.1) is 0 Å². The Hall–Kier alpha value is -3.12. The number of aryl methyl sites for hydroxylation is 1. The number of anilines is 1. The van der Waals surface area contributed by atoms with E-state index in [4.69, 9.17) is 4.74 Å². The summed E-state index contributed by atoms with van der Waals surface area (Å²) in [6, 6.07) is 15.6. The molecule has 0 aliphatic carbocycles. The SMILES string of the molecule is COc1ccc(NC(=O)c2cnn(-c3ccc(C)cc3)c2C2CCNCC2)cc1. The Labute approximate surface area is 170 Å². The van der Waals surface area contributed by atoms with E-state index < -0.39 is 0 Å². The first kappa shape index (κ1) is 19.2. The van der Waals surface area contributed by atoms with Crippen LogP contribution in [0.1, 0.15) is 40.4 Å². The molecule has 29 heavy (non-hydrogen) atoms. The minimum absolute atomic E-state index is 0.137. The first-order valence-corrected chi connectivity index (χ1v) is 9.97. The van der Waals surface area contributed by atoms with Crippen molar-refractivity contribution in [2.75, 3.05) is 25.5 Å². The molecule has 1 amide bonds. The lowest BCUT2D eigenvalue weighted by atomic mass is 9.91. The van der Waals surface area contributed by atoms with Crippen molar-refractivity contribution in [1.29, 1.82) is 0 Å². The summed E-state index contributed by atoms with van der Waals surface area (Å²) in [4.78, 5) is 13.1. The number of carbonyl (C=O) groups excluding carboxylic acids is 1. The van der Waals surface area contributed by atoms with Crippen molar-refractivity contribution < 1.29 is 9.53 Å². The van der Waals surface area contributed by atoms with Crippen molar-refractivity contribution >= 4 is 11.6 Å². The number of rotatable bonds is 5. The van der Waals surface area contributed by atoms with E-state index >= 15 is 0 Å². The van der Waals surface area contributed by atoms with Gasteiger partial charge in [-0.2, -0.15) is 5.10 Å². The van der Waals surface area contributed by atoms with E-state index in [0.29, 0.717) is 5.56 Å². The third-order valence-electron chi connectivity index (χ3n) is 5.40. The van der Waals surface area contributed by atoms with Crippen LogP contribution < -0.4 is 15.4 Å². The molecule has 0 unspecified atom stereocenters. The van der Waals surface area contributed by atoms with Crippen LogP contribution in [0.25, 0.3) is 5.69 Å². The number of methoxy groups -OCH3 is 1. The second kappa shape index (κ2) is 8.49. The molecule has 0 spiro atoms. The number of aromatic nitrogens is 2. The van der Waals surface area contributed by atoms with Crippen LogP contribution in [-0.4, -0.2) is 35.9 Å². The number of carbonyl (C=O) groups is 1. The molecule has 1 aliphatic rings. The van der Waals surface area contributed by atoms with Gasteiger partial charge in [0.1, 0.15) is 5.75 Å². The molecule has 6 heteroatoms. The van der Waals surface area contributed by atoms with E-state index in [1.54, 1.807) is 13.3 Å². The van der Waals surface area contributed by atoms with Crippen LogP contribution in [0, 0.1) is 6.92 Å². The smallest absolute Gasteiger partial charge is 0.259 e. The van der Waals surface area contributed by atoms with Crippen molar-refractivity contribution in [1.82, 2.24) is 15.1 Å². The van der Waals surface area contributed by atoms with Crippen LogP contribution in [0.4, 0.5) is 5.69 Å². The molecular weight excluding hydrogens is 364 g/mol. The molecular formula is C23H26N4O2. The third kappa shape index (κ3) is 4.17. The van der Waals surface area contributed by atoms with E-state index in [1.165, 1.54) is 5.56 Å². The van der Waals surface area contributed by atoms with Gasteiger partial charge < -0.3 is 15.4 Å². The van der Waals surface area contributed by atoms with E-state index in [2.05, 4.69) is 46.9 Å². The van der Waals surface area contributed by atoms with E-state index in [1.807, 2.05) is 28.9 Å². The Morgan fingerprint density at radius 3 is 2.45 bits per heavy atom. The van der Waals surface area contributed by atoms with E-state index in [0.717, 1.165) is 48.7 Å². The molecule has 0 bridgehead atoms. The van der Waals surface area contributed by atoms with Gasteiger partial charge in [0.05, 0.1) is 30.3 Å². The van der Waals surface area contributed by atoms with Crippen LogP contribution in [-0.2, 0) is 0 Å². The second-order valence-corrected chi connectivity index (χ2v) is 7.40. The summed E-state index contributed by atoms with van der Waals surface area (Å²) in [5.74, 6) is 0.907. The van der Waals surface area contributed by atoms with Gasteiger partial charge in [-0.25, -0.2) is 4.68 Å². The Kier molecular flexibility index (Phi) is 5.62. The predicted molar refractivity (Wildman–Crippen MR) is 114 cm³/mol. The van der Waals surface area contributed by atoms with Gasteiger partial charge in [-0.1, -0.05) is 17.7 Å². The molecule has 1 aromatic heterocycles. The molecule has 150 valence electrons. The maximum Gasteiger partial charge on any atom is 0.259 e. The Balaban J connectivity index is 1.67. The van der Waals surface area contributed by atoms with Gasteiger partial charge in [-0.3, -0.25) is 4.79 Å². The third-order valence-corrected chi connectivity index (χ3v) is 5.40. The molecule has 0 saturated carbocycles. The highest BCUT2D eigenvalue weighted by atomic mass is 16.5. The number of benzene rings is 2. The fraction of sp³-hybridized carbons (Fsp3) is 0.304. The van der Waals surface area contributed by atoms with E-state index in [9.17, 15) is 4.79 Å². The number of hydrogen-bond donors (Lipinski definition) is 2. The molecule has 0 radical (unpaired) electrons. The van der Waals surface area contributed by atoms with Crippen molar-refractivity contribution in [3.05, 3.63) is 71.5 Å². The fourth-order valence-electron chi connectivity index (χ4n) is 3.79. The maximum atomic E-state index is 13.1. The number of nitrogens with zero attached hydrogens (tertiary/aromatic N) is 2. The zero-order valence-corrected chi connectivity index (χ0v) is 16.8. The summed E-state index contributed by atoms with van der Waals surface area (Å²) in [5, 5.41) is 11.0. The van der Waals surface area contributed by atoms with Gasteiger partial charge in [0, 0.05) is 11.6 Å². The lowest BCUT2D eigenvalue weighted by Crippen LogP contribution is -2.29. The summed E-state index contributed by atoms with van der Waals surface area (Å²) in [6.07, 6.45) is 3.66. The summed E-state index contributed by atoms with van der Waals surface area (Å²) >= 11 is 0. The van der Waals surface area contributed by atoms with Gasteiger partial charge >= 0.3 is 0 Å². The monoisotopic (exact) mass is 390 g/mol. The molecule has 2 heterocycles. The zero-order valence-electron chi connectivity index (χ0n) is 16.8. The zero-order chi connectivity index (χ0) is 20.2. The molecule has 1 saturated heterocycles. The molecule has 6 nitrogen and oxygen atoms in total. The van der Waals surface area contributed by atoms with Gasteiger partial charge in [0.25, 0.3) is 5.91 Å². The van der Waals surface area contributed by atoms with Gasteiger partial charge in [0.2, 0.25) is 0 Å². The van der Waals surface area contributed by atoms with Crippen LogP contribution >= 0.6 is 0 Å². The average molecular weight is 390 g/mol. The molecule has 1 aliphatic heterocycles. The number of ether oxygens (including phenoxy) is 1. The van der Waals surface area contributed by atoms with Crippen LogP contribution in [0.3, 0.4) is 0 Å². The highest BCUT2D eigenvalue weighted by Crippen LogP contribution is 2.31. The van der Waals surface area contributed by atoms with Crippen molar-refractivity contribution in [2.45, 2.75) is 25.7 Å². The molecule has 2 aromatic carbocycles. The summed E-state index contributed by atoms with van der Waals surface area (Å²) < 4.78 is 7.11. The molecule has 2 N–H and O–H groups in total. The average Bonchev–Trinajstić information content (AvgIpc) is 3.21. The molecule has 0 atom stereocenters.